The van der Waals surface area contributed by atoms with E-state index in [2.05, 4.69) is 28.2 Å². The summed E-state index contributed by atoms with van der Waals surface area (Å²) in [5.41, 5.74) is 2.58. The largest absolute Gasteiger partial charge is 0.479 e. The lowest BCUT2D eigenvalue weighted by Crippen LogP contribution is -2.20. The third-order valence-corrected chi connectivity index (χ3v) is 4.41. The maximum Gasteiger partial charge on any atom is 0.330 e. The third-order valence-electron chi connectivity index (χ3n) is 3.20. The minimum Gasteiger partial charge on any atom is -0.479 e. The smallest absolute Gasteiger partial charge is 0.330 e. The van der Waals surface area contributed by atoms with E-state index in [1.165, 1.54) is 5.56 Å². The van der Waals surface area contributed by atoms with Crippen LogP contribution in [0.2, 0.25) is 5.02 Å². The SMILES string of the molecule is CCc1ccc(C(Nc2ccc(Cl)c(Br)c2)C(=O)O)cc1. The molecular weight excluding hydrogens is 354 g/mol. The van der Waals surface area contributed by atoms with Gasteiger partial charge in [-0.2, -0.15) is 0 Å². The zero-order valence-corrected chi connectivity index (χ0v) is 13.8. The Kier molecular flexibility index (Phi) is 5.26. The van der Waals surface area contributed by atoms with Gasteiger partial charge in [-0.1, -0.05) is 42.8 Å². The fourth-order valence-electron chi connectivity index (χ4n) is 1.99. The van der Waals surface area contributed by atoms with E-state index in [0.29, 0.717) is 16.3 Å². The molecule has 0 aliphatic carbocycles. The Bertz CT molecular complexity index is 643. The first-order valence-corrected chi connectivity index (χ1v) is 7.71. The van der Waals surface area contributed by atoms with Crippen LogP contribution in [0.5, 0.6) is 0 Å². The van der Waals surface area contributed by atoms with E-state index in [9.17, 15) is 9.90 Å². The number of benzene rings is 2. The van der Waals surface area contributed by atoms with Crippen LogP contribution >= 0.6 is 27.5 Å². The fraction of sp³-hybridized carbons (Fsp3) is 0.188. The molecule has 2 aromatic rings. The molecule has 0 saturated heterocycles. The van der Waals surface area contributed by atoms with E-state index in [1.807, 2.05) is 24.3 Å². The topological polar surface area (TPSA) is 49.3 Å². The van der Waals surface area contributed by atoms with Gasteiger partial charge >= 0.3 is 5.97 Å². The Balaban J connectivity index is 2.26. The van der Waals surface area contributed by atoms with E-state index in [4.69, 9.17) is 11.6 Å². The summed E-state index contributed by atoms with van der Waals surface area (Å²) >= 11 is 9.27. The highest BCUT2D eigenvalue weighted by Gasteiger charge is 2.19. The van der Waals surface area contributed by atoms with Gasteiger partial charge in [-0.15, -0.1) is 0 Å². The Morgan fingerprint density at radius 3 is 2.48 bits per heavy atom. The molecule has 0 saturated carbocycles. The second-order valence-corrected chi connectivity index (χ2v) is 5.90. The number of carbonyl (C=O) groups is 1. The van der Waals surface area contributed by atoms with Crippen molar-refractivity contribution in [2.45, 2.75) is 19.4 Å². The number of carboxylic acids is 1. The molecule has 2 aromatic carbocycles. The molecule has 0 bridgehead atoms. The number of carboxylic acid groups (broad SMARTS) is 1. The van der Waals surface area contributed by atoms with Crippen molar-refractivity contribution >= 4 is 39.2 Å². The van der Waals surface area contributed by atoms with Crippen LogP contribution in [0.1, 0.15) is 24.1 Å². The molecular formula is C16H15BrClNO2. The number of aliphatic carboxylic acids is 1. The van der Waals surface area contributed by atoms with Gasteiger partial charge < -0.3 is 10.4 Å². The lowest BCUT2D eigenvalue weighted by atomic mass is 10.0. The summed E-state index contributed by atoms with van der Waals surface area (Å²) in [6.07, 6.45) is 0.926. The Morgan fingerprint density at radius 2 is 1.95 bits per heavy atom. The van der Waals surface area contributed by atoms with E-state index < -0.39 is 12.0 Å². The second kappa shape index (κ2) is 6.96. The molecule has 0 radical (unpaired) electrons. The molecule has 1 unspecified atom stereocenters. The van der Waals surface area contributed by atoms with Gasteiger partial charge in [0, 0.05) is 10.2 Å². The van der Waals surface area contributed by atoms with Crippen LogP contribution in [0.3, 0.4) is 0 Å². The fourth-order valence-corrected chi connectivity index (χ4v) is 2.48. The molecule has 2 rings (SSSR count). The molecule has 0 fully saturated rings. The zero-order chi connectivity index (χ0) is 15.4. The highest BCUT2D eigenvalue weighted by molar-refractivity contribution is 9.10. The molecule has 1 atom stereocenters. The standard InChI is InChI=1S/C16H15BrClNO2/c1-2-10-3-5-11(6-4-10)15(16(20)21)19-12-7-8-14(18)13(17)9-12/h3-9,15,19H,2H2,1H3,(H,20,21). The van der Waals surface area contributed by atoms with Crippen molar-refractivity contribution in [1.82, 2.24) is 0 Å². The van der Waals surface area contributed by atoms with Crippen molar-refractivity contribution < 1.29 is 9.90 Å². The van der Waals surface area contributed by atoms with E-state index in [0.717, 1.165) is 10.9 Å². The van der Waals surface area contributed by atoms with E-state index in [-0.39, 0.29) is 0 Å². The molecule has 0 spiro atoms. The maximum absolute atomic E-state index is 11.5. The minimum absolute atomic E-state index is 0.583. The molecule has 0 heterocycles. The first-order chi connectivity index (χ1) is 10.0. The van der Waals surface area contributed by atoms with E-state index in [1.54, 1.807) is 18.2 Å². The van der Waals surface area contributed by atoms with Crippen LogP contribution in [-0.4, -0.2) is 11.1 Å². The summed E-state index contributed by atoms with van der Waals surface area (Å²) in [4.78, 5) is 11.5. The molecule has 0 aliphatic heterocycles. The predicted octanol–water partition coefficient (Wildman–Crippen LogP) is 4.90. The van der Waals surface area contributed by atoms with Crippen molar-refractivity contribution in [3.8, 4) is 0 Å². The van der Waals surface area contributed by atoms with Crippen LogP contribution in [0.25, 0.3) is 0 Å². The molecule has 0 amide bonds. The van der Waals surface area contributed by atoms with Crippen LogP contribution in [-0.2, 0) is 11.2 Å². The molecule has 0 aliphatic rings. The van der Waals surface area contributed by atoms with Crippen LogP contribution < -0.4 is 5.32 Å². The Morgan fingerprint density at radius 1 is 1.29 bits per heavy atom. The van der Waals surface area contributed by atoms with Crippen molar-refractivity contribution in [1.29, 1.82) is 0 Å². The minimum atomic E-state index is -0.926. The predicted molar refractivity (Wildman–Crippen MR) is 89.0 cm³/mol. The second-order valence-electron chi connectivity index (χ2n) is 4.64. The van der Waals surface area contributed by atoms with Crippen molar-refractivity contribution in [2.75, 3.05) is 5.32 Å². The van der Waals surface area contributed by atoms with Gasteiger partial charge in [-0.25, -0.2) is 4.79 Å². The van der Waals surface area contributed by atoms with Crippen LogP contribution in [0.15, 0.2) is 46.9 Å². The van der Waals surface area contributed by atoms with Crippen LogP contribution in [0.4, 0.5) is 5.69 Å². The van der Waals surface area contributed by atoms with Crippen molar-refractivity contribution in [3.63, 3.8) is 0 Å². The first-order valence-electron chi connectivity index (χ1n) is 6.54. The molecule has 110 valence electrons. The van der Waals surface area contributed by atoms with Gasteiger partial charge in [0.15, 0.2) is 6.04 Å². The van der Waals surface area contributed by atoms with Gasteiger partial charge in [0.05, 0.1) is 5.02 Å². The summed E-state index contributed by atoms with van der Waals surface area (Å²) in [7, 11) is 0. The number of anilines is 1. The first kappa shape index (κ1) is 15.9. The van der Waals surface area contributed by atoms with Gasteiger partial charge in [-0.3, -0.25) is 0 Å². The summed E-state index contributed by atoms with van der Waals surface area (Å²) < 4.78 is 0.722. The van der Waals surface area contributed by atoms with Gasteiger partial charge in [-0.05, 0) is 51.7 Å². The van der Waals surface area contributed by atoms with E-state index >= 15 is 0 Å². The summed E-state index contributed by atoms with van der Waals surface area (Å²) in [6.45, 7) is 2.06. The molecule has 3 nitrogen and oxygen atoms in total. The third kappa shape index (κ3) is 3.99. The number of nitrogens with one attached hydrogen (secondary N) is 1. The highest BCUT2D eigenvalue weighted by atomic mass is 79.9. The van der Waals surface area contributed by atoms with Crippen molar-refractivity contribution in [3.05, 3.63) is 63.1 Å². The normalized spacial score (nSPS) is 12.0. The summed E-state index contributed by atoms with van der Waals surface area (Å²) in [5, 5.41) is 13.0. The van der Waals surface area contributed by atoms with Gasteiger partial charge in [0.2, 0.25) is 0 Å². The lowest BCUT2D eigenvalue weighted by Gasteiger charge is -2.17. The Labute approximate surface area is 137 Å². The molecule has 2 N–H and O–H groups in total. The molecule has 5 heteroatoms. The molecule has 21 heavy (non-hydrogen) atoms. The van der Waals surface area contributed by atoms with Crippen molar-refractivity contribution in [2.24, 2.45) is 0 Å². The maximum atomic E-state index is 11.5. The van der Waals surface area contributed by atoms with Gasteiger partial charge in [0.25, 0.3) is 0 Å². The number of halogens is 2. The number of rotatable bonds is 5. The van der Waals surface area contributed by atoms with Gasteiger partial charge in [0.1, 0.15) is 0 Å². The number of hydrogen-bond acceptors (Lipinski definition) is 2. The quantitative estimate of drug-likeness (QED) is 0.789. The number of aryl methyl sites for hydroxylation is 1. The number of hydrogen-bond donors (Lipinski definition) is 2. The Hall–Kier alpha value is -1.52. The molecule has 0 aromatic heterocycles. The summed E-state index contributed by atoms with van der Waals surface area (Å²) in [6, 6.07) is 12.0. The summed E-state index contributed by atoms with van der Waals surface area (Å²) in [5.74, 6) is -0.926. The van der Waals surface area contributed by atoms with Crippen LogP contribution in [0, 0.1) is 0 Å². The lowest BCUT2D eigenvalue weighted by molar-refractivity contribution is -0.138. The zero-order valence-electron chi connectivity index (χ0n) is 11.4. The monoisotopic (exact) mass is 367 g/mol. The highest BCUT2D eigenvalue weighted by Crippen LogP contribution is 2.28. The average Bonchev–Trinajstić information content (AvgIpc) is 2.48. The average molecular weight is 369 g/mol.